The quantitative estimate of drug-likeness (QED) is 0.355. The molecule has 0 aliphatic heterocycles. The lowest BCUT2D eigenvalue weighted by molar-refractivity contribution is -0.107. The van der Waals surface area contributed by atoms with Crippen LogP contribution >= 0.6 is 0 Å². The van der Waals surface area contributed by atoms with Crippen LogP contribution in [0.1, 0.15) is 6.42 Å². The van der Waals surface area contributed by atoms with Crippen LogP contribution in [0.2, 0.25) is 0 Å². The van der Waals surface area contributed by atoms with Gasteiger partial charge in [0.1, 0.15) is 12.0 Å². The van der Waals surface area contributed by atoms with E-state index in [1.165, 1.54) is 18.2 Å². The van der Waals surface area contributed by atoms with Gasteiger partial charge in [-0.3, -0.25) is 0 Å². The molecule has 0 fully saturated rings. The summed E-state index contributed by atoms with van der Waals surface area (Å²) >= 11 is 0. The normalized spacial score (nSPS) is 12.0. The summed E-state index contributed by atoms with van der Waals surface area (Å²) in [7, 11) is 0. The van der Waals surface area contributed by atoms with Crippen molar-refractivity contribution in [3.05, 3.63) is 53.6 Å². The molecule has 0 aromatic carbocycles. The fourth-order valence-corrected chi connectivity index (χ4v) is 0.798. The molecule has 0 aliphatic rings. The molecule has 0 rings (SSSR count). The fourth-order valence-electron chi connectivity index (χ4n) is 0.798. The fraction of sp³-hybridized carbons (Fsp3) is 0.100. The van der Waals surface area contributed by atoms with Gasteiger partial charge in [0, 0.05) is 6.42 Å². The van der Waals surface area contributed by atoms with Gasteiger partial charge in [-0.25, -0.2) is 0 Å². The van der Waals surface area contributed by atoms with Crippen molar-refractivity contribution in [2.75, 3.05) is 0 Å². The van der Waals surface area contributed by atoms with Gasteiger partial charge in [-0.2, -0.15) is 0 Å². The molecule has 0 aromatic heterocycles. The minimum absolute atomic E-state index is 0.150. The zero-order valence-corrected chi connectivity index (χ0v) is 7.27. The summed E-state index contributed by atoms with van der Waals surface area (Å²) in [4.78, 5) is 20.6. The van der Waals surface area contributed by atoms with Crippen molar-refractivity contribution < 1.29 is 4.79 Å². The Morgan fingerprint density at radius 2 is 1.85 bits per heavy atom. The van der Waals surface area contributed by atoms with Crippen LogP contribution < -0.4 is 0 Å². The first kappa shape index (κ1) is 11.2. The number of hydrogen-bond acceptors (Lipinski definition) is 3. The van der Waals surface area contributed by atoms with Gasteiger partial charge in [0.15, 0.2) is 0 Å². The van der Waals surface area contributed by atoms with Crippen molar-refractivity contribution in [1.82, 2.24) is 0 Å². The van der Waals surface area contributed by atoms with E-state index in [4.69, 9.17) is 0 Å². The molecule has 0 atom stereocenters. The lowest BCUT2D eigenvalue weighted by atomic mass is 10.1. The second-order valence-electron chi connectivity index (χ2n) is 2.18. The van der Waals surface area contributed by atoms with Gasteiger partial charge in [0.2, 0.25) is 0 Å². The van der Waals surface area contributed by atoms with E-state index in [9.17, 15) is 9.70 Å². The predicted molar refractivity (Wildman–Crippen MR) is 53.0 cm³/mol. The number of carbonyl (C=O) groups excluding carboxylic acids is 1. The van der Waals surface area contributed by atoms with Gasteiger partial charge in [0.05, 0.1) is 0 Å². The molecule has 0 amide bonds. The molecule has 0 spiro atoms. The van der Waals surface area contributed by atoms with Crippen LogP contribution in [0.5, 0.6) is 0 Å². The maximum absolute atomic E-state index is 10.3. The zero-order valence-electron chi connectivity index (χ0n) is 7.27. The molecule has 0 radical (unpaired) electrons. The Hall–Kier alpha value is -1.77. The second kappa shape index (κ2) is 6.91. The second-order valence-corrected chi connectivity index (χ2v) is 2.18. The molecule has 0 unspecified atom stereocenters. The molecule has 0 N–H and O–H groups in total. The molecule has 13 heavy (non-hydrogen) atoms. The lowest BCUT2D eigenvalue weighted by Gasteiger charge is -1.98. The maximum atomic E-state index is 10.3. The third kappa shape index (κ3) is 3.96. The lowest BCUT2D eigenvalue weighted by Crippen LogP contribution is -1.87. The highest BCUT2D eigenvalue weighted by Gasteiger charge is 2.02. The first-order chi connectivity index (χ1) is 6.29. The van der Waals surface area contributed by atoms with Crippen LogP contribution in [-0.2, 0) is 4.79 Å². The van der Waals surface area contributed by atoms with Gasteiger partial charge in [0.25, 0.3) is 0 Å². The summed E-state index contributed by atoms with van der Waals surface area (Å²) in [6.45, 7) is 6.90. The molecule has 3 nitrogen and oxygen atoms in total. The van der Waals surface area contributed by atoms with Crippen LogP contribution in [0.25, 0.3) is 0 Å². The largest absolute Gasteiger partial charge is 0.303 e. The van der Waals surface area contributed by atoms with E-state index in [2.05, 4.69) is 18.3 Å². The Morgan fingerprint density at radius 1 is 1.23 bits per heavy atom. The summed E-state index contributed by atoms with van der Waals surface area (Å²) < 4.78 is 0. The van der Waals surface area contributed by atoms with Gasteiger partial charge < -0.3 is 4.79 Å². The third-order valence-corrected chi connectivity index (χ3v) is 1.33. The summed E-state index contributed by atoms with van der Waals surface area (Å²) in [6.07, 6.45) is 6.82. The summed E-state index contributed by atoms with van der Waals surface area (Å²) in [6, 6.07) is 0. The molecule has 3 heteroatoms. The van der Waals surface area contributed by atoms with Crippen LogP contribution in [0.15, 0.2) is 53.9 Å². The van der Waals surface area contributed by atoms with Crippen LogP contribution in [-0.4, -0.2) is 6.29 Å². The van der Waals surface area contributed by atoms with Gasteiger partial charge >= 0.3 is 0 Å². The third-order valence-electron chi connectivity index (χ3n) is 1.33. The predicted octanol–water partition coefficient (Wildman–Crippen LogP) is 2.52. The molecule has 0 aromatic rings. The van der Waals surface area contributed by atoms with E-state index in [-0.39, 0.29) is 12.1 Å². The molecule has 0 bridgehead atoms. The van der Waals surface area contributed by atoms with Crippen molar-refractivity contribution in [3.8, 4) is 0 Å². The van der Waals surface area contributed by atoms with E-state index in [0.717, 1.165) is 0 Å². The van der Waals surface area contributed by atoms with E-state index < -0.39 is 0 Å². The summed E-state index contributed by atoms with van der Waals surface area (Å²) in [5, 5.41) is 2.78. The molecule has 0 aliphatic carbocycles. The van der Waals surface area contributed by atoms with Crippen LogP contribution in [0.3, 0.4) is 0 Å². The monoisotopic (exact) mass is 177 g/mol. The van der Waals surface area contributed by atoms with Crippen LogP contribution in [0.4, 0.5) is 0 Å². The first-order valence-electron chi connectivity index (χ1n) is 3.71. The highest BCUT2D eigenvalue weighted by Crippen LogP contribution is 2.14. The average Bonchev–Trinajstić information content (AvgIpc) is 2.14. The standard InChI is InChI=1S/C10H11NO2/c1-3-5-9(7-8-12)10(11-13)6-4-2/h3-6,8H,1-2,7H2/b9-5-,10-6+. The number of nitroso groups, excluding NO2 is 1. The molecule has 68 valence electrons. The number of allylic oxidation sites excluding steroid dienone is 5. The van der Waals surface area contributed by atoms with Crippen molar-refractivity contribution >= 4 is 6.29 Å². The zero-order chi connectivity index (χ0) is 10.1. The Bertz CT molecular complexity index is 275. The number of aldehydes is 1. The Labute approximate surface area is 77.1 Å². The summed E-state index contributed by atoms with van der Waals surface area (Å²) in [5.74, 6) is 0. The SMILES string of the molecule is C=C/C=C(CC=O)\C(=C/C=C)N=O. The maximum Gasteiger partial charge on any atom is 0.124 e. The van der Waals surface area contributed by atoms with Crippen molar-refractivity contribution in [2.45, 2.75) is 6.42 Å². The average molecular weight is 177 g/mol. The smallest absolute Gasteiger partial charge is 0.124 e. The topological polar surface area (TPSA) is 46.5 Å². The Balaban J connectivity index is 4.88. The number of rotatable bonds is 6. The van der Waals surface area contributed by atoms with Crippen LogP contribution in [0, 0.1) is 4.91 Å². The van der Waals surface area contributed by atoms with Gasteiger partial charge in [-0.1, -0.05) is 31.4 Å². The van der Waals surface area contributed by atoms with E-state index >= 15 is 0 Å². The Morgan fingerprint density at radius 3 is 2.23 bits per heavy atom. The highest BCUT2D eigenvalue weighted by atomic mass is 16.3. The van der Waals surface area contributed by atoms with Crippen molar-refractivity contribution in [1.29, 1.82) is 0 Å². The molecular weight excluding hydrogens is 166 g/mol. The Kier molecular flexibility index (Phi) is 5.97. The van der Waals surface area contributed by atoms with Gasteiger partial charge in [-0.15, -0.1) is 4.91 Å². The number of nitrogens with zero attached hydrogens (tertiary/aromatic N) is 1. The van der Waals surface area contributed by atoms with Crippen molar-refractivity contribution in [2.24, 2.45) is 5.18 Å². The summed E-state index contributed by atoms with van der Waals surface area (Å²) in [5.41, 5.74) is 0.752. The number of hydrogen-bond donors (Lipinski definition) is 0. The molecule has 0 heterocycles. The highest BCUT2D eigenvalue weighted by molar-refractivity contribution is 5.58. The minimum atomic E-state index is 0.150. The molecular formula is C10H11NO2. The van der Waals surface area contributed by atoms with E-state index in [1.54, 1.807) is 6.08 Å². The van der Waals surface area contributed by atoms with E-state index in [1.807, 2.05) is 0 Å². The number of carbonyl (C=O) groups is 1. The molecule has 0 saturated heterocycles. The van der Waals surface area contributed by atoms with Crippen molar-refractivity contribution in [3.63, 3.8) is 0 Å². The molecule has 0 saturated carbocycles. The first-order valence-corrected chi connectivity index (χ1v) is 3.71. The van der Waals surface area contributed by atoms with Gasteiger partial charge in [-0.05, 0) is 16.8 Å². The minimum Gasteiger partial charge on any atom is -0.303 e. The van der Waals surface area contributed by atoms with E-state index in [0.29, 0.717) is 11.9 Å².